The van der Waals surface area contributed by atoms with E-state index in [4.69, 9.17) is 9.05 Å². The summed E-state index contributed by atoms with van der Waals surface area (Å²) < 4.78 is 23.7. The second-order valence-corrected chi connectivity index (χ2v) is 7.00. The van der Waals surface area contributed by atoms with E-state index in [2.05, 4.69) is 6.58 Å². The van der Waals surface area contributed by atoms with Gasteiger partial charge in [-0.05, 0) is 26.7 Å². The number of rotatable bonds is 7. The van der Waals surface area contributed by atoms with Gasteiger partial charge >= 0.3 is 7.60 Å². The Balaban J connectivity index is 3.15. The third-order valence-corrected chi connectivity index (χ3v) is 6.28. The SMILES string of the molecule is C=CC(C)[C@@]1(O)C=CCC[C@@H]1P(=O)(OCC)OCC. The summed E-state index contributed by atoms with van der Waals surface area (Å²) >= 11 is 0. The number of hydrogen-bond acceptors (Lipinski definition) is 4. The van der Waals surface area contributed by atoms with Gasteiger partial charge in [-0.25, -0.2) is 0 Å². The van der Waals surface area contributed by atoms with E-state index >= 15 is 0 Å². The van der Waals surface area contributed by atoms with E-state index in [-0.39, 0.29) is 5.92 Å². The molecule has 0 radical (unpaired) electrons. The number of aliphatic hydroxyl groups is 1. The topological polar surface area (TPSA) is 55.8 Å². The van der Waals surface area contributed by atoms with Crippen molar-refractivity contribution in [3.05, 3.63) is 24.8 Å². The van der Waals surface area contributed by atoms with E-state index in [1.165, 1.54) is 0 Å². The van der Waals surface area contributed by atoms with Gasteiger partial charge in [0.15, 0.2) is 0 Å². The molecule has 110 valence electrons. The minimum absolute atomic E-state index is 0.219. The first-order valence-electron chi connectivity index (χ1n) is 6.86. The summed E-state index contributed by atoms with van der Waals surface area (Å²) in [6.45, 7) is 9.74. The van der Waals surface area contributed by atoms with E-state index < -0.39 is 18.9 Å². The lowest BCUT2D eigenvalue weighted by Crippen LogP contribution is -2.47. The molecule has 1 N–H and O–H groups in total. The Morgan fingerprint density at radius 2 is 2.11 bits per heavy atom. The molecular weight excluding hydrogens is 263 g/mol. The zero-order valence-corrected chi connectivity index (χ0v) is 12.9. The first-order chi connectivity index (χ1) is 8.94. The highest BCUT2D eigenvalue weighted by Gasteiger charge is 2.51. The first kappa shape index (κ1) is 16.6. The van der Waals surface area contributed by atoms with Gasteiger partial charge in [-0.1, -0.05) is 25.2 Å². The largest absolute Gasteiger partial charge is 0.384 e. The second kappa shape index (κ2) is 6.85. The van der Waals surface area contributed by atoms with Crippen molar-refractivity contribution in [2.24, 2.45) is 5.92 Å². The molecule has 1 rings (SSSR count). The van der Waals surface area contributed by atoms with Crippen LogP contribution < -0.4 is 0 Å². The van der Waals surface area contributed by atoms with Crippen molar-refractivity contribution in [1.82, 2.24) is 0 Å². The summed E-state index contributed by atoms with van der Waals surface area (Å²) in [5.74, 6) is -0.219. The van der Waals surface area contributed by atoms with Crippen LogP contribution in [0.2, 0.25) is 0 Å². The normalized spacial score (nSPS) is 29.2. The van der Waals surface area contributed by atoms with Crippen molar-refractivity contribution in [3.63, 3.8) is 0 Å². The molecule has 0 amide bonds. The lowest BCUT2D eigenvalue weighted by atomic mass is 9.80. The molecule has 0 bridgehead atoms. The molecule has 0 aromatic rings. The molecular formula is C14H25O4P. The van der Waals surface area contributed by atoms with Crippen molar-refractivity contribution in [2.75, 3.05) is 13.2 Å². The third-order valence-electron chi connectivity index (χ3n) is 3.61. The van der Waals surface area contributed by atoms with Crippen molar-refractivity contribution in [1.29, 1.82) is 0 Å². The standard InChI is InChI=1S/C14H25O4P/c1-5-12(4)14(15)11-9-8-10-13(14)19(16,17-6-2)18-7-3/h5,9,11-13,15H,1,6-8,10H2,2-4H3/t12?,13-,14-/m0/s1. The second-order valence-electron chi connectivity index (χ2n) is 4.78. The van der Waals surface area contributed by atoms with Crippen molar-refractivity contribution in [3.8, 4) is 0 Å². The molecule has 0 heterocycles. The van der Waals surface area contributed by atoms with Crippen LogP contribution in [0.15, 0.2) is 24.8 Å². The Morgan fingerprint density at radius 1 is 1.53 bits per heavy atom. The van der Waals surface area contributed by atoms with Crippen molar-refractivity contribution in [2.45, 2.75) is 44.9 Å². The van der Waals surface area contributed by atoms with Gasteiger partial charge < -0.3 is 14.2 Å². The van der Waals surface area contributed by atoms with Crippen molar-refractivity contribution >= 4 is 7.60 Å². The summed E-state index contributed by atoms with van der Waals surface area (Å²) in [5.41, 5.74) is -1.77. The summed E-state index contributed by atoms with van der Waals surface area (Å²) in [7, 11) is -3.33. The van der Waals surface area contributed by atoms with E-state index in [1.54, 1.807) is 26.0 Å². The first-order valence-corrected chi connectivity index (χ1v) is 8.47. The molecule has 0 aromatic heterocycles. The Bertz CT molecular complexity index is 370. The number of hydrogen-bond donors (Lipinski definition) is 1. The van der Waals surface area contributed by atoms with Gasteiger partial charge in [0.25, 0.3) is 0 Å². The van der Waals surface area contributed by atoms with Crippen molar-refractivity contribution < 1.29 is 18.7 Å². The minimum atomic E-state index is -3.33. The maximum Gasteiger partial charge on any atom is 0.336 e. The van der Waals surface area contributed by atoms with Gasteiger partial charge in [0.05, 0.1) is 18.9 Å². The molecule has 0 aromatic carbocycles. The summed E-state index contributed by atoms with van der Waals surface area (Å²) in [6, 6.07) is 0. The quantitative estimate of drug-likeness (QED) is 0.575. The lowest BCUT2D eigenvalue weighted by Gasteiger charge is -2.42. The Morgan fingerprint density at radius 3 is 2.58 bits per heavy atom. The average Bonchev–Trinajstić information content (AvgIpc) is 2.38. The van der Waals surface area contributed by atoms with Crippen LogP contribution in [0.3, 0.4) is 0 Å². The van der Waals surface area contributed by atoms with Gasteiger partial charge in [-0.15, -0.1) is 6.58 Å². The van der Waals surface area contributed by atoms with Crippen LogP contribution >= 0.6 is 7.60 Å². The molecule has 1 unspecified atom stereocenters. The van der Waals surface area contributed by atoms with Gasteiger partial charge in [-0.2, -0.15) is 0 Å². The maximum absolute atomic E-state index is 12.9. The van der Waals surface area contributed by atoms with Crippen LogP contribution in [-0.4, -0.2) is 29.6 Å². The Kier molecular flexibility index (Phi) is 6.00. The smallest absolute Gasteiger partial charge is 0.336 e. The molecule has 0 saturated heterocycles. The molecule has 0 spiro atoms. The lowest BCUT2D eigenvalue weighted by molar-refractivity contribution is 0.0312. The zero-order chi connectivity index (χ0) is 14.5. The van der Waals surface area contributed by atoms with Crippen LogP contribution in [0.4, 0.5) is 0 Å². The highest BCUT2D eigenvalue weighted by Crippen LogP contribution is 2.60. The van der Waals surface area contributed by atoms with Crippen LogP contribution in [0.25, 0.3) is 0 Å². The molecule has 5 heteroatoms. The van der Waals surface area contributed by atoms with Crippen LogP contribution in [0, 0.1) is 5.92 Å². The minimum Gasteiger partial charge on any atom is -0.384 e. The molecule has 4 nitrogen and oxygen atoms in total. The molecule has 3 atom stereocenters. The molecule has 1 aliphatic carbocycles. The maximum atomic E-state index is 12.9. The Hall–Kier alpha value is -0.410. The Labute approximate surface area is 116 Å². The van der Waals surface area contributed by atoms with Crippen LogP contribution in [-0.2, 0) is 13.6 Å². The molecule has 0 aliphatic heterocycles. The highest BCUT2D eigenvalue weighted by atomic mass is 31.2. The van der Waals surface area contributed by atoms with Gasteiger partial charge in [-0.3, -0.25) is 4.57 Å². The van der Waals surface area contributed by atoms with E-state index in [0.717, 1.165) is 6.42 Å². The fourth-order valence-corrected chi connectivity index (χ4v) is 4.95. The van der Waals surface area contributed by atoms with E-state index in [9.17, 15) is 9.67 Å². The summed E-state index contributed by atoms with van der Waals surface area (Å²) in [5, 5.41) is 10.9. The van der Waals surface area contributed by atoms with Gasteiger partial charge in [0, 0.05) is 5.92 Å². The summed E-state index contributed by atoms with van der Waals surface area (Å²) in [4.78, 5) is 0. The monoisotopic (exact) mass is 288 g/mol. The third kappa shape index (κ3) is 3.38. The highest BCUT2D eigenvalue weighted by molar-refractivity contribution is 7.54. The average molecular weight is 288 g/mol. The van der Waals surface area contributed by atoms with Gasteiger partial charge in [0.1, 0.15) is 5.60 Å². The van der Waals surface area contributed by atoms with E-state index in [1.807, 2.05) is 13.0 Å². The number of allylic oxidation sites excluding steroid dienone is 1. The predicted octanol–water partition coefficient (Wildman–Crippen LogP) is 3.52. The fraction of sp³-hybridized carbons (Fsp3) is 0.714. The molecule has 0 fully saturated rings. The van der Waals surface area contributed by atoms with Crippen LogP contribution in [0.5, 0.6) is 0 Å². The van der Waals surface area contributed by atoms with Gasteiger partial charge in [0.2, 0.25) is 0 Å². The molecule has 19 heavy (non-hydrogen) atoms. The molecule has 1 aliphatic rings. The summed E-state index contributed by atoms with van der Waals surface area (Å²) in [6.07, 6.45) is 6.66. The zero-order valence-electron chi connectivity index (χ0n) is 12.0. The fourth-order valence-electron chi connectivity index (χ4n) is 2.50. The molecule has 0 saturated carbocycles. The van der Waals surface area contributed by atoms with E-state index in [0.29, 0.717) is 19.6 Å². The van der Waals surface area contributed by atoms with Crippen LogP contribution in [0.1, 0.15) is 33.6 Å². The predicted molar refractivity (Wildman–Crippen MR) is 77.3 cm³/mol.